The summed E-state index contributed by atoms with van der Waals surface area (Å²) in [7, 11) is 0. The molecule has 0 amide bonds. The first kappa shape index (κ1) is 27.3. The van der Waals surface area contributed by atoms with Crippen molar-refractivity contribution in [3.05, 3.63) is 53.6 Å². The van der Waals surface area contributed by atoms with Gasteiger partial charge in [0.15, 0.2) is 0 Å². The molecule has 0 radical (unpaired) electrons. The first-order valence-electron chi connectivity index (χ1n) is 15.9. The second-order valence-corrected chi connectivity index (χ2v) is 16.3. The average Bonchev–Trinajstić information content (AvgIpc) is 3.22. The minimum Gasteiger partial charge on any atom is -0.478 e. The molecule has 39 heavy (non-hydrogen) atoms. The van der Waals surface area contributed by atoms with Crippen LogP contribution in [0.3, 0.4) is 0 Å². The first-order chi connectivity index (χ1) is 18.2. The SMILES string of the molecule is C=C(C)[C@@H]1CCC2(C)CC[C@]3(C)[C@H](CC[C@@H]4[C@@]5(C)CC=C(c6ccc(C(=O)O)cc6)C(C)(C)[C@@H]5CC[C@]43C)[C@@H]12. The molecule has 5 aliphatic carbocycles. The summed E-state index contributed by atoms with van der Waals surface area (Å²) in [6.45, 7) is 22.5. The number of rotatable bonds is 3. The molecule has 2 heteroatoms. The van der Waals surface area contributed by atoms with E-state index in [0.717, 1.165) is 30.1 Å². The fourth-order valence-corrected chi connectivity index (χ4v) is 12.4. The Morgan fingerprint density at radius 1 is 0.846 bits per heavy atom. The lowest BCUT2D eigenvalue weighted by Crippen LogP contribution is -2.65. The Morgan fingerprint density at radius 3 is 2.18 bits per heavy atom. The van der Waals surface area contributed by atoms with Crippen LogP contribution >= 0.6 is 0 Å². The number of carbonyl (C=O) groups is 1. The molecule has 0 saturated heterocycles. The lowest BCUT2D eigenvalue weighted by atomic mass is 9.32. The minimum atomic E-state index is -0.850. The van der Waals surface area contributed by atoms with Crippen molar-refractivity contribution in [2.24, 2.45) is 56.7 Å². The van der Waals surface area contributed by atoms with Gasteiger partial charge in [0.25, 0.3) is 0 Å². The van der Waals surface area contributed by atoms with E-state index in [4.69, 9.17) is 0 Å². The highest BCUT2D eigenvalue weighted by molar-refractivity contribution is 5.88. The highest BCUT2D eigenvalue weighted by atomic mass is 16.4. The molecule has 0 bridgehead atoms. The summed E-state index contributed by atoms with van der Waals surface area (Å²) in [5.41, 5.74) is 6.12. The topological polar surface area (TPSA) is 37.3 Å². The molecule has 1 aromatic rings. The van der Waals surface area contributed by atoms with Gasteiger partial charge in [-0.1, -0.05) is 71.9 Å². The van der Waals surface area contributed by atoms with Crippen LogP contribution in [0.2, 0.25) is 0 Å². The van der Waals surface area contributed by atoms with Crippen LogP contribution in [-0.4, -0.2) is 11.1 Å². The fourth-order valence-electron chi connectivity index (χ4n) is 12.4. The number of hydrogen-bond donors (Lipinski definition) is 1. The summed E-state index contributed by atoms with van der Waals surface area (Å²) >= 11 is 0. The van der Waals surface area contributed by atoms with Crippen molar-refractivity contribution in [1.82, 2.24) is 0 Å². The Hall–Kier alpha value is -1.83. The number of benzene rings is 1. The maximum Gasteiger partial charge on any atom is 0.335 e. The summed E-state index contributed by atoms with van der Waals surface area (Å²) < 4.78 is 0. The molecule has 5 aliphatic rings. The third-order valence-corrected chi connectivity index (χ3v) is 14.5. The van der Waals surface area contributed by atoms with Crippen molar-refractivity contribution < 1.29 is 9.90 Å². The Kier molecular flexibility index (Phi) is 6.02. The van der Waals surface area contributed by atoms with Crippen LogP contribution in [0.15, 0.2) is 42.5 Å². The van der Waals surface area contributed by atoms with Crippen LogP contribution in [0.5, 0.6) is 0 Å². The van der Waals surface area contributed by atoms with Crippen LogP contribution in [0.25, 0.3) is 5.57 Å². The predicted octanol–water partition coefficient (Wildman–Crippen LogP) is 10.1. The van der Waals surface area contributed by atoms with Crippen LogP contribution in [0, 0.1) is 56.7 Å². The molecule has 4 fully saturated rings. The summed E-state index contributed by atoms with van der Waals surface area (Å²) in [4.78, 5) is 11.4. The largest absolute Gasteiger partial charge is 0.478 e. The highest BCUT2D eigenvalue weighted by Gasteiger charge is 2.69. The molecule has 1 aromatic carbocycles. The number of carboxylic acids is 1. The van der Waals surface area contributed by atoms with Gasteiger partial charge in [-0.2, -0.15) is 0 Å². The van der Waals surface area contributed by atoms with Crippen molar-refractivity contribution in [2.45, 2.75) is 106 Å². The number of allylic oxidation sites excluding steroid dienone is 3. The molecule has 1 unspecified atom stereocenters. The highest BCUT2D eigenvalue weighted by Crippen LogP contribution is 2.77. The molecule has 0 heterocycles. The Morgan fingerprint density at radius 2 is 1.54 bits per heavy atom. The van der Waals surface area contributed by atoms with E-state index in [2.05, 4.69) is 61.1 Å². The number of fused-ring (bicyclic) bond motifs is 7. The van der Waals surface area contributed by atoms with E-state index < -0.39 is 5.97 Å². The predicted molar refractivity (Wildman–Crippen MR) is 161 cm³/mol. The monoisotopic (exact) mass is 528 g/mol. The van der Waals surface area contributed by atoms with Crippen LogP contribution < -0.4 is 0 Å². The maximum absolute atomic E-state index is 11.4. The molecule has 0 aromatic heterocycles. The average molecular weight is 529 g/mol. The van der Waals surface area contributed by atoms with Crippen LogP contribution in [0.1, 0.15) is 122 Å². The normalized spacial score (nSPS) is 46.2. The van der Waals surface area contributed by atoms with Gasteiger partial charge in [-0.15, -0.1) is 0 Å². The van der Waals surface area contributed by atoms with Gasteiger partial charge in [0.05, 0.1) is 5.56 Å². The Bertz CT molecular complexity index is 1220. The molecule has 1 N–H and O–H groups in total. The third-order valence-electron chi connectivity index (χ3n) is 14.5. The molecular formula is C37H52O2. The second kappa shape index (κ2) is 8.59. The third kappa shape index (κ3) is 3.54. The molecule has 4 saturated carbocycles. The number of hydrogen-bond acceptors (Lipinski definition) is 1. The van der Waals surface area contributed by atoms with Crippen molar-refractivity contribution in [1.29, 1.82) is 0 Å². The molecule has 0 spiro atoms. The van der Waals surface area contributed by atoms with Gasteiger partial charge in [0.1, 0.15) is 0 Å². The molecule has 9 atom stereocenters. The van der Waals surface area contributed by atoms with E-state index in [1.807, 2.05) is 12.1 Å². The second-order valence-electron chi connectivity index (χ2n) is 16.3. The molecule has 6 rings (SSSR count). The summed E-state index contributed by atoms with van der Waals surface area (Å²) in [6, 6.07) is 7.64. The van der Waals surface area contributed by atoms with E-state index in [0.29, 0.717) is 33.1 Å². The smallest absolute Gasteiger partial charge is 0.335 e. The number of carboxylic acid groups (broad SMARTS) is 1. The van der Waals surface area contributed by atoms with E-state index >= 15 is 0 Å². The van der Waals surface area contributed by atoms with Crippen molar-refractivity contribution in [3.8, 4) is 0 Å². The summed E-state index contributed by atoms with van der Waals surface area (Å²) in [5, 5.41) is 9.40. The van der Waals surface area contributed by atoms with Gasteiger partial charge in [-0.05, 0) is 145 Å². The summed E-state index contributed by atoms with van der Waals surface area (Å²) in [6.07, 6.45) is 14.7. The molecule has 2 nitrogen and oxygen atoms in total. The van der Waals surface area contributed by atoms with Gasteiger partial charge in [-0.3, -0.25) is 0 Å². The zero-order valence-electron chi connectivity index (χ0n) is 25.7. The van der Waals surface area contributed by atoms with Crippen LogP contribution in [0.4, 0.5) is 0 Å². The first-order valence-corrected chi connectivity index (χ1v) is 15.9. The molecular weight excluding hydrogens is 476 g/mol. The minimum absolute atomic E-state index is 0.0679. The van der Waals surface area contributed by atoms with E-state index in [-0.39, 0.29) is 5.41 Å². The zero-order chi connectivity index (χ0) is 28.2. The van der Waals surface area contributed by atoms with Gasteiger partial charge in [-0.25, -0.2) is 4.79 Å². The van der Waals surface area contributed by atoms with E-state index in [9.17, 15) is 9.90 Å². The van der Waals surface area contributed by atoms with Crippen molar-refractivity contribution in [2.75, 3.05) is 0 Å². The zero-order valence-corrected chi connectivity index (χ0v) is 25.7. The van der Waals surface area contributed by atoms with E-state index in [1.165, 1.54) is 68.1 Å². The quantitative estimate of drug-likeness (QED) is 0.396. The van der Waals surface area contributed by atoms with Gasteiger partial charge in [0.2, 0.25) is 0 Å². The Balaban J connectivity index is 1.36. The lowest BCUT2D eigenvalue weighted by molar-refractivity contribution is -0.223. The van der Waals surface area contributed by atoms with Crippen molar-refractivity contribution in [3.63, 3.8) is 0 Å². The number of aromatic carboxylic acids is 1. The molecule has 0 aliphatic heterocycles. The van der Waals surface area contributed by atoms with Gasteiger partial charge >= 0.3 is 5.97 Å². The fraction of sp³-hybridized carbons (Fsp3) is 0.703. The van der Waals surface area contributed by atoms with Gasteiger partial charge in [0, 0.05) is 0 Å². The Labute approximate surface area is 237 Å². The maximum atomic E-state index is 11.4. The summed E-state index contributed by atoms with van der Waals surface area (Å²) in [5.74, 6) is 2.92. The van der Waals surface area contributed by atoms with E-state index in [1.54, 1.807) is 12.1 Å². The van der Waals surface area contributed by atoms with Gasteiger partial charge < -0.3 is 5.11 Å². The lowest BCUT2D eigenvalue weighted by Gasteiger charge is -2.72. The molecule has 212 valence electrons. The van der Waals surface area contributed by atoms with Crippen LogP contribution in [-0.2, 0) is 0 Å². The standard InChI is InChI=1S/C37H52O2/c1-23(2)26-15-18-34(5)21-22-36(7)28(31(26)34)13-14-30-35(6)19-16-27(24-9-11-25(12-10-24)32(38)39)33(3,4)29(35)17-20-37(30,36)8/h9-12,16,26,28-31H,1,13-15,17-22H2,2-8H3,(H,38,39)/t26-,28+,29-,30+,31+,34?,35-,36+,37+/m0/s1. The van der Waals surface area contributed by atoms with Crippen molar-refractivity contribution >= 4 is 11.5 Å².